The second-order valence-electron chi connectivity index (χ2n) is 7.92. The van der Waals surface area contributed by atoms with Crippen LogP contribution in [0.4, 0.5) is 11.4 Å². The van der Waals surface area contributed by atoms with E-state index < -0.39 is 11.8 Å². The van der Waals surface area contributed by atoms with Crippen LogP contribution in [0.25, 0.3) is 5.57 Å². The average molecular weight is 468 g/mol. The highest BCUT2D eigenvalue weighted by molar-refractivity contribution is 6.36. The molecule has 0 radical (unpaired) electrons. The van der Waals surface area contributed by atoms with Crippen LogP contribution in [0.1, 0.15) is 26.3 Å². The molecule has 3 amide bonds. The summed E-state index contributed by atoms with van der Waals surface area (Å²) in [5.74, 6) is -0.0305. The van der Waals surface area contributed by atoms with Gasteiger partial charge in [0.1, 0.15) is 17.2 Å². The molecule has 34 heavy (non-hydrogen) atoms. The molecule has 0 spiro atoms. The molecule has 3 rings (SSSR count). The lowest BCUT2D eigenvalue weighted by molar-refractivity contribution is -0.138. The van der Waals surface area contributed by atoms with Gasteiger partial charge in [-0.15, -0.1) is 0 Å². The Balaban J connectivity index is 2.00. The summed E-state index contributed by atoms with van der Waals surface area (Å²) in [5, 5.41) is 5.78. The largest absolute Gasteiger partial charge is 0.497 e. The summed E-state index contributed by atoms with van der Waals surface area (Å²) in [6.07, 6.45) is -0.0246. The third-order valence-corrected chi connectivity index (χ3v) is 5.05. The van der Waals surface area contributed by atoms with E-state index in [1.165, 1.54) is 26.0 Å². The number of nitrogens with one attached hydrogen (secondary N) is 2. The molecule has 1 heterocycles. The molecule has 0 saturated heterocycles. The fraction of sp³-hybridized carbons (Fsp3) is 0.320. The number of rotatable bonds is 10. The predicted octanol–water partition coefficient (Wildman–Crippen LogP) is 3.28. The Kier molecular flexibility index (Phi) is 7.91. The summed E-state index contributed by atoms with van der Waals surface area (Å²) < 4.78 is 16.2. The Bertz CT molecular complexity index is 1090. The van der Waals surface area contributed by atoms with Gasteiger partial charge < -0.3 is 24.8 Å². The van der Waals surface area contributed by atoms with E-state index in [0.29, 0.717) is 28.4 Å². The molecule has 0 unspecified atom stereocenters. The monoisotopic (exact) mass is 467 g/mol. The number of benzene rings is 2. The maximum Gasteiger partial charge on any atom is 0.278 e. The third kappa shape index (κ3) is 5.74. The van der Waals surface area contributed by atoms with Crippen LogP contribution in [-0.2, 0) is 19.1 Å². The summed E-state index contributed by atoms with van der Waals surface area (Å²) in [5.41, 5.74) is 2.02. The summed E-state index contributed by atoms with van der Waals surface area (Å²) in [4.78, 5) is 39.1. The van der Waals surface area contributed by atoms with Crippen molar-refractivity contribution in [2.75, 3.05) is 38.0 Å². The lowest BCUT2D eigenvalue weighted by Gasteiger charge is -2.16. The highest BCUT2D eigenvalue weighted by Gasteiger charge is 2.39. The van der Waals surface area contributed by atoms with Gasteiger partial charge in [0.15, 0.2) is 0 Å². The van der Waals surface area contributed by atoms with Crippen molar-refractivity contribution in [1.29, 1.82) is 0 Å². The second kappa shape index (κ2) is 10.8. The van der Waals surface area contributed by atoms with E-state index >= 15 is 0 Å². The summed E-state index contributed by atoms with van der Waals surface area (Å²) in [7, 11) is 3.06. The van der Waals surface area contributed by atoms with E-state index in [1.807, 2.05) is 13.8 Å². The SMILES string of the molecule is COc1cc(NC2=C(c3ccc(NC(C)=O)cc3)C(=O)N(CCOC(C)C)C2=O)cc(OC)c1. The van der Waals surface area contributed by atoms with E-state index in [-0.39, 0.29) is 36.4 Å². The van der Waals surface area contributed by atoms with Crippen LogP contribution in [0, 0.1) is 0 Å². The van der Waals surface area contributed by atoms with Gasteiger partial charge in [-0.1, -0.05) is 12.1 Å². The lowest BCUT2D eigenvalue weighted by atomic mass is 10.0. The van der Waals surface area contributed by atoms with Crippen LogP contribution in [-0.4, -0.2) is 56.1 Å². The number of nitrogens with zero attached hydrogens (tertiary/aromatic N) is 1. The van der Waals surface area contributed by atoms with Crippen molar-refractivity contribution in [3.05, 3.63) is 53.7 Å². The molecule has 2 N–H and O–H groups in total. The summed E-state index contributed by atoms with van der Waals surface area (Å²) in [6, 6.07) is 11.8. The normalized spacial score (nSPS) is 13.5. The Morgan fingerprint density at radius 1 is 0.941 bits per heavy atom. The van der Waals surface area contributed by atoms with Crippen molar-refractivity contribution in [3.8, 4) is 11.5 Å². The molecule has 0 atom stereocenters. The van der Waals surface area contributed by atoms with Crippen molar-refractivity contribution in [2.24, 2.45) is 0 Å². The van der Waals surface area contributed by atoms with Gasteiger partial charge in [0.2, 0.25) is 5.91 Å². The number of carbonyl (C=O) groups is 3. The first-order chi connectivity index (χ1) is 16.2. The molecule has 0 aromatic heterocycles. The van der Waals surface area contributed by atoms with Crippen LogP contribution in [0.3, 0.4) is 0 Å². The number of hydrogen-bond acceptors (Lipinski definition) is 7. The molecular weight excluding hydrogens is 438 g/mol. The van der Waals surface area contributed by atoms with Crippen LogP contribution < -0.4 is 20.1 Å². The zero-order chi connectivity index (χ0) is 24.8. The lowest BCUT2D eigenvalue weighted by Crippen LogP contribution is -2.35. The Hall–Kier alpha value is -3.85. The first-order valence-corrected chi connectivity index (χ1v) is 10.8. The maximum atomic E-state index is 13.3. The molecule has 0 saturated carbocycles. The topological polar surface area (TPSA) is 106 Å². The quantitative estimate of drug-likeness (QED) is 0.517. The number of methoxy groups -OCH3 is 2. The smallest absolute Gasteiger partial charge is 0.278 e. The van der Waals surface area contributed by atoms with E-state index in [2.05, 4.69) is 10.6 Å². The third-order valence-electron chi connectivity index (χ3n) is 5.05. The van der Waals surface area contributed by atoms with Gasteiger partial charge in [-0.3, -0.25) is 19.3 Å². The Labute approximate surface area is 198 Å². The van der Waals surface area contributed by atoms with Gasteiger partial charge in [0, 0.05) is 36.5 Å². The van der Waals surface area contributed by atoms with Crippen LogP contribution in [0.15, 0.2) is 48.2 Å². The minimum Gasteiger partial charge on any atom is -0.497 e. The van der Waals surface area contributed by atoms with Crippen molar-refractivity contribution < 1.29 is 28.6 Å². The van der Waals surface area contributed by atoms with E-state index in [9.17, 15) is 14.4 Å². The minimum atomic E-state index is -0.458. The average Bonchev–Trinajstić information content (AvgIpc) is 3.03. The molecule has 0 bridgehead atoms. The molecule has 2 aromatic carbocycles. The number of imide groups is 1. The predicted molar refractivity (Wildman–Crippen MR) is 129 cm³/mol. The van der Waals surface area contributed by atoms with Gasteiger partial charge >= 0.3 is 0 Å². The van der Waals surface area contributed by atoms with Crippen LogP contribution in [0.2, 0.25) is 0 Å². The highest BCUT2D eigenvalue weighted by atomic mass is 16.5. The van der Waals surface area contributed by atoms with Crippen molar-refractivity contribution in [2.45, 2.75) is 26.9 Å². The number of anilines is 2. The first-order valence-electron chi connectivity index (χ1n) is 10.8. The number of carbonyl (C=O) groups excluding carboxylic acids is 3. The standard InChI is InChI=1S/C25H29N3O6/c1-15(2)34-11-10-28-24(30)22(17-6-8-18(9-7-17)26-16(3)29)23(25(28)31)27-19-12-20(32-4)14-21(13-19)33-5/h6-9,12-15,27H,10-11H2,1-5H3,(H,26,29). The fourth-order valence-electron chi connectivity index (χ4n) is 3.49. The highest BCUT2D eigenvalue weighted by Crippen LogP contribution is 2.33. The van der Waals surface area contributed by atoms with Crippen molar-refractivity contribution >= 4 is 34.7 Å². The summed E-state index contributed by atoms with van der Waals surface area (Å²) in [6.45, 7) is 5.53. The minimum absolute atomic E-state index is 0.0246. The molecule has 0 fully saturated rings. The van der Waals surface area contributed by atoms with Gasteiger partial charge in [-0.25, -0.2) is 0 Å². The molecule has 1 aliphatic rings. The first kappa shape index (κ1) is 24.8. The maximum absolute atomic E-state index is 13.3. The molecule has 180 valence electrons. The van der Waals surface area contributed by atoms with Crippen molar-refractivity contribution in [1.82, 2.24) is 4.90 Å². The Morgan fingerprint density at radius 3 is 2.09 bits per heavy atom. The van der Waals surface area contributed by atoms with Gasteiger partial charge in [-0.2, -0.15) is 0 Å². The van der Waals surface area contributed by atoms with E-state index in [0.717, 1.165) is 0 Å². The zero-order valence-corrected chi connectivity index (χ0v) is 19.9. The molecule has 9 nitrogen and oxygen atoms in total. The zero-order valence-electron chi connectivity index (χ0n) is 19.9. The van der Waals surface area contributed by atoms with E-state index in [1.54, 1.807) is 42.5 Å². The Morgan fingerprint density at radius 2 is 1.56 bits per heavy atom. The van der Waals surface area contributed by atoms with Gasteiger partial charge in [0.25, 0.3) is 11.8 Å². The molecular formula is C25H29N3O6. The van der Waals surface area contributed by atoms with Crippen LogP contribution in [0.5, 0.6) is 11.5 Å². The van der Waals surface area contributed by atoms with Gasteiger partial charge in [-0.05, 0) is 31.5 Å². The van der Waals surface area contributed by atoms with Crippen molar-refractivity contribution in [3.63, 3.8) is 0 Å². The van der Waals surface area contributed by atoms with Gasteiger partial charge in [0.05, 0.1) is 39.0 Å². The number of amides is 3. The van der Waals surface area contributed by atoms with Crippen LogP contribution >= 0.6 is 0 Å². The molecule has 9 heteroatoms. The number of ether oxygens (including phenoxy) is 3. The second-order valence-corrected chi connectivity index (χ2v) is 7.92. The molecule has 2 aromatic rings. The molecule has 1 aliphatic heterocycles. The summed E-state index contributed by atoms with van der Waals surface area (Å²) >= 11 is 0. The fourth-order valence-corrected chi connectivity index (χ4v) is 3.49. The number of hydrogen-bond donors (Lipinski definition) is 2. The van der Waals surface area contributed by atoms with E-state index in [4.69, 9.17) is 14.2 Å². The molecule has 0 aliphatic carbocycles.